The Bertz CT molecular complexity index is 951. The van der Waals surface area contributed by atoms with Crippen LogP contribution in [0.15, 0.2) is 42.5 Å². The van der Waals surface area contributed by atoms with E-state index in [1.807, 2.05) is 0 Å². The van der Waals surface area contributed by atoms with E-state index in [1.165, 1.54) is 12.1 Å². The molecule has 0 aliphatic heterocycles. The molecule has 8 heteroatoms. The minimum atomic E-state index is -0.826. The predicted molar refractivity (Wildman–Crippen MR) is 111 cm³/mol. The second kappa shape index (κ2) is 8.52. The Morgan fingerprint density at radius 2 is 1.37 bits per heavy atom. The Morgan fingerprint density at radius 1 is 0.833 bits per heavy atom. The molecule has 0 spiro atoms. The van der Waals surface area contributed by atoms with Gasteiger partial charge in [-0.3, -0.25) is 10.1 Å². The van der Waals surface area contributed by atoms with Crippen molar-refractivity contribution in [2.45, 2.75) is 52.7 Å². The summed E-state index contributed by atoms with van der Waals surface area (Å²) in [6.07, 6.45) is -0.826. The Labute approximate surface area is 174 Å². The molecule has 2 aromatic rings. The summed E-state index contributed by atoms with van der Waals surface area (Å²) in [6.45, 7) is 10.2. The molecule has 0 saturated heterocycles. The van der Waals surface area contributed by atoms with E-state index >= 15 is 0 Å². The van der Waals surface area contributed by atoms with E-state index in [-0.39, 0.29) is 17.0 Å². The average molecular weight is 415 g/mol. The zero-order valence-corrected chi connectivity index (χ0v) is 17.8. The van der Waals surface area contributed by atoms with Gasteiger partial charge in [-0.2, -0.15) is 0 Å². The lowest BCUT2D eigenvalue weighted by Gasteiger charge is -2.19. The topological polar surface area (TPSA) is 105 Å². The molecule has 0 amide bonds. The molecule has 2 rings (SSSR count). The molecule has 0 unspecified atom stereocenters. The van der Waals surface area contributed by atoms with Crippen LogP contribution in [0, 0.1) is 10.1 Å². The number of nitro benzene ring substituents is 1. The van der Waals surface area contributed by atoms with Crippen molar-refractivity contribution in [3.05, 3.63) is 58.1 Å². The summed E-state index contributed by atoms with van der Waals surface area (Å²) in [6, 6.07) is 10.7. The molecule has 30 heavy (non-hydrogen) atoms. The highest BCUT2D eigenvalue weighted by Gasteiger charge is 2.26. The average Bonchev–Trinajstić information content (AvgIpc) is 2.58. The lowest BCUT2D eigenvalue weighted by Crippen LogP contribution is -2.25. The van der Waals surface area contributed by atoms with Crippen LogP contribution >= 0.6 is 0 Å². The van der Waals surface area contributed by atoms with Crippen molar-refractivity contribution in [1.29, 1.82) is 0 Å². The molecule has 0 radical (unpaired) electrons. The van der Waals surface area contributed by atoms with Crippen LogP contribution in [0.4, 0.5) is 10.5 Å². The predicted octanol–water partition coefficient (Wildman–Crippen LogP) is 5.53. The van der Waals surface area contributed by atoms with Crippen molar-refractivity contribution in [2.24, 2.45) is 0 Å². The third-order valence-electron chi connectivity index (χ3n) is 3.59. The van der Waals surface area contributed by atoms with Gasteiger partial charge in [0, 0.05) is 6.07 Å². The van der Waals surface area contributed by atoms with E-state index < -0.39 is 28.3 Å². The first-order valence-electron chi connectivity index (χ1n) is 9.28. The fraction of sp³-hybridized carbons (Fsp3) is 0.364. The quantitative estimate of drug-likeness (QED) is 0.280. The maximum atomic E-state index is 12.3. The molecule has 0 aromatic heterocycles. The molecule has 0 heterocycles. The zero-order valence-electron chi connectivity index (χ0n) is 17.8. The van der Waals surface area contributed by atoms with E-state index in [9.17, 15) is 19.7 Å². The third kappa shape index (κ3) is 6.58. The Hall–Kier alpha value is -3.42. The van der Waals surface area contributed by atoms with Crippen LogP contribution in [0.2, 0.25) is 0 Å². The van der Waals surface area contributed by atoms with Crippen LogP contribution in [-0.2, 0) is 9.47 Å². The minimum Gasteiger partial charge on any atom is -0.456 e. The van der Waals surface area contributed by atoms with Crippen LogP contribution in [0.1, 0.15) is 51.9 Å². The lowest BCUT2D eigenvalue weighted by molar-refractivity contribution is -0.385. The summed E-state index contributed by atoms with van der Waals surface area (Å²) in [5.41, 5.74) is -0.748. The second-order valence-electron chi connectivity index (χ2n) is 8.58. The Kier molecular flexibility index (Phi) is 6.50. The first-order chi connectivity index (χ1) is 13.7. The SMILES string of the molecule is CC(C)(C)OC(=O)Oc1ccc(-c2ccc(C(=O)OC(C)(C)C)c([N+](=O)[O-])c2)cc1. The highest BCUT2D eigenvalue weighted by atomic mass is 16.7. The van der Waals surface area contributed by atoms with Gasteiger partial charge in [0.15, 0.2) is 0 Å². The molecular weight excluding hydrogens is 390 g/mol. The summed E-state index contributed by atoms with van der Waals surface area (Å²) in [4.78, 5) is 34.9. The number of ether oxygens (including phenoxy) is 3. The molecule has 0 N–H and O–H groups in total. The normalized spacial score (nSPS) is 11.5. The third-order valence-corrected chi connectivity index (χ3v) is 3.59. The number of nitrogens with zero attached hydrogens (tertiary/aromatic N) is 1. The molecule has 0 fully saturated rings. The van der Waals surface area contributed by atoms with Gasteiger partial charge in [-0.05, 0) is 70.9 Å². The monoisotopic (exact) mass is 415 g/mol. The van der Waals surface area contributed by atoms with Crippen molar-refractivity contribution in [1.82, 2.24) is 0 Å². The number of carbonyl (C=O) groups is 2. The van der Waals surface area contributed by atoms with Gasteiger partial charge in [0.2, 0.25) is 0 Å². The van der Waals surface area contributed by atoms with E-state index in [1.54, 1.807) is 71.9 Å². The van der Waals surface area contributed by atoms with Gasteiger partial charge < -0.3 is 14.2 Å². The van der Waals surface area contributed by atoms with Crippen molar-refractivity contribution >= 4 is 17.8 Å². The van der Waals surface area contributed by atoms with Gasteiger partial charge in [0.1, 0.15) is 22.5 Å². The van der Waals surface area contributed by atoms with E-state index in [0.717, 1.165) is 0 Å². The molecule has 0 saturated carbocycles. The first kappa shape index (κ1) is 22.9. The maximum absolute atomic E-state index is 12.3. The largest absolute Gasteiger partial charge is 0.514 e. The second-order valence-corrected chi connectivity index (χ2v) is 8.58. The molecule has 0 atom stereocenters. The van der Waals surface area contributed by atoms with Crippen LogP contribution in [0.25, 0.3) is 11.1 Å². The molecule has 0 bridgehead atoms. The van der Waals surface area contributed by atoms with E-state index in [4.69, 9.17) is 14.2 Å². The van der Waals surface area contributed by atoms with Crippen molar-refractivity contribution in [3.63, 3.8) is 0 Å². The van der Waals surface area contributed by atoms with Gasteiger partial charge in [-0.1, -0.05) is 18.2 Å². The fourth-order valence-electron chi connectivity index (χ4n) is 2.45. The number of benzene rings is 2. The van der Waals surface area contributed by atoms with Crippen LogP contribution in [0.3, 0.4) is 0 Å². The number of carbonyl (C=O) groups excluding carboxylic acids is 2. The smallest absolute Gasteiger partial charge is 0.456 e. The highest BCUT2D eigenvalue weighted by Crippen LogP contribution is 2.30. The van der Waals surface area contributed by atoms with Gasteiger partial charge in [0.25, 0.3) is 5.69 Å². The molecule has 0 aliphatic rings. The summed E-state index contributed by atoms with van der Waals surface area (Å²) in [5.74, 6) is -0.491. The number of hydrogen-bond acceptors (Lipinski definition) is 7. The summed E-state index contributed by atoms with van der Waals surface area (Å²) in [7, 11) is 0. The van der Waals surface area contributed by atoms with Gasteiger partial charge >= 0.3 is 12.1 Å². The molecule has 2 aromatic carbocycles. The number of hydrogen-bond donors (Lipinski definition) is 0. The summed E-state index contributed by atoms with van der Waals surface area (Å²) < 4.78 is 15.4. The summed E-state index contributed by atoms with van der Waals surface area (Å²) >= 11 is 0. The van der Waals surface area contributed by atoms with Gasteiger partial charge in [-0.25, -0.2) is 9.59 Å². The van der Waals surface area contributed by atoms with Gasteiger partial charge in [0.05, 0.1) is 4.92 Å². The summed E-state index contributed by atoms with van der Waals surface area (Å²) in [5, 5.41) is 11.5. The molecule has 160 valence electrons. The molecule has 0 aliphatic carbocycles. The van der Waals surface area contributed by atoms with E-state index in [2.05, 4.69) is 0 Å². The van der Waals surface area contributed by atoms with Crippen LogP contribution in [-0.4, -0.2) is 28.3 Å². The van der Waals surface area contributed by atoms with Crippen LogP contribution < -0.4 is 4.74 Å². The van der Waals surface area contributed by atoms with E-state index in [0.29, 0.717) is 11.1 Å². The highest BCUT2D eigenvalue weighted by molar-refractivity contribution is 5.95. The number of esters is 1. The van der Waals surface area contributed by atoms with Crippen LogP contribution in [0.5, 0.6) is 5.75 Å². The standard InChI is InChI=1S/C22H25NO7/c1-21(2,3)29-19(24)17-12-9-15(13-18(17)23(26)27)14-7-10-16(11-8-14)28-20(25)30-22(4,5)6/h7-13H,1-6H3. The maximum Gasteiger partial charge on any atom is 0.514 e. The first-order valence-corrected chi connectivity index (χ1v) is 9.28. The Morgan fingerprint density at radius 3 is 1.87 bits per heavy atom. The lowest BCUT2D eigenvalue weighted by atomic mass is 10.0. The van der Waals surface area contributed by atoms with Crippen molar-refractivity contribution < 1.29 is 28.7 Å². The fourth-order valence-corrected chi connectivity index (χ4v) is 2.45. The van der Waals surface area contributed by atoms with Crippen molar-refractivity contribution in [2.75, 3.05) is 0 Å². The number of nitro groups is 1. The molecular formula is C22H25NO7. The van der Waals surface area contributed by atoms with Gasteiger partial charge in [-0.15, -0.1) is 0 Å². The Balaban J connectivity index is 2.25. The molecule has 8 nitrogen and oxygen atoms in total. The zero-order chi connectivity index (χ0) is 22.7. The minimum absolute atomic E-state index is 0.122. The number of rotatable bonds is 4. The van der Waals surface area contributed by atoms with Crippen molar-refractivity contribution in [3.8, 4) is 16.9 Å².